The molecule has 1 fully saturated rings. The molecule has 9 nitrogen and oxygen atoms in total. The molecule has 0 saturated carbocycles. The minimum Gasteiger partial charge on any atom is -0.489 e. The summed E-state index contributed by atoms with van der Waals surface area (Å²) in [4.78, 5) is 21.6. The van der Waals surface area contributed by atoms with Crippen molar-refractivity contribution in [3.8, 4) is 39.7 Å². The summed E-state index contributed by atoms with van der Waals surface area (Å²) in [5.74, 6) is 0.766. The van der Waals surface area contributed by atoms with E-state index in [-0.39, 0.29) is 6.10 Å². The first-order chi connectivity index (χ1) is 18.3. The van der Waals surface area contributed by atoms with Crippen LogP contribution in [0.3, 0.4) is 0 Å². The van der Waals surface area contributed by atoms with Gasteiger partial charge >= 0.3 is 0 Å². The van der Waals surface area contributed by atoms with Crippen LogP contribution in [0.5, 0.6) is 5.75 Å². The molecule has 6 aromatic rings. The van der Waals surface area contributed by atoms with Gasteiger partial charge in [-0.05, 0) is 62.3 Å². The molecule has 0 amide bonds. The Morgan fingerprint density at radius 2 is 1.78 bits per heavy atom. The molecule has 37 heavy (non-hydrogen) atoms. The largest absolute Gasteiger partial charge is 0.489 e. The molecular formula is C28H24N8O. The summed E-state index contributed by atoms with van der Waals surface area (Å²) in [5, 5.41) is 13.0. The zero-order valence-corrected chi connectivity index (χ0v) is 20.0. The van der Waals surface area contributed by atoms with Crippen molar-refractivity contribution in [2.45, 2.75) is 18.9 Å². The Balaban J connectivity index is 1.26. The van der Waals surface area contributed by atoms with Gasteiger partial charge in [-0.25, -0.2) is 4.98 Å². The molecular weight excluding hydrogens is 464 g/mol. The summed E-state index contributed by atoms with van der Waals surface area (Å²) in [7, 11) is 0. The topological polar surface area (TPSA) is 117 Å². The standard InChI is InChI=1S/C28H24N8O/c1-2-7-31-23(3-1)20-6-10-32-28-21(20)12-25(34-28)27-22-13-24(33-16-26(22)35-36-27)17-11-19(15-30-14-17)37-18-4-8-29-9-5-18/h1-3,6-7,10-16,18,29H,4-5,8-9H2,(H,32,34)(H,35,36). The third kappa shape index (κ3) is 4.09. The fraction of sp³-hybridized carbons (Fsp3) is 0.179. The highest BCUT2D eigenvalue weighted by Gasteiger charge is 2.17. The summed E-state index contributed by atoms with van der Waals surface area (Å²) in [6, 6.07) is 14.0. The Bertz CT molecular complexity index is 1700. The molecule has 7 rings (SSSR count). The molecule has 1 saturated heterocycles. The molecule has 0 radical (unpaired) electrons. The fourth-order valence-electron chi connectivity index (χ4n) is 4.91. The molecule has 0 spiro atoms. The molecule has 6 aromatic heterocycles. The number of nitrogens with zero attached hydrogens (tertiary/aromatic N) is 5. The summed E-state index contributed by atoms with van der Waals surface area (Å²) >= 11 is 0. The zero-order valence-electron chi connectivity index (χ0n) is 20.0. The van der Waals surface area contributed by atoms with Crippen LogP contribution in [0, 0.1) is 0 Å². The van der Waals surface area contributed by atoms with Gasteiger partial charge in [0.2, 0.25) is 0 Å². The number of ether oxygens (including phenoxy) is 1. The first-order valence-corrected chi connectivity index (χ1v) is 12.4. The maximum Gasteiger partial charge on any atom is 0.138 e. The smallest absolute Gasteiger partial charge is 0.138 e. The van der Waals surface area contributed by atoms with E-state index < -0.39 is 0 Å². The number of nitrogens with one attached hydrogen (secondary N) is 3. The van der Waals surface area contributed by atoms with E-state index in [1.165, 1.54) is 0 Å². The number of hydrogen-bond donors (Lipinski definition) is 3. The van der Waals surface area contributed by atoms with E-state index in [0.717, 1.165) is 87.5 Å². The first kappa shape index (κ1) is 21.6. The lowest BCUT2D eigenvalue weighted by Crippen LogP contribution is -2.34. The summed E-state index contributed by atoms with van der Waals surface area (Å²) < 4.78 is 6.20. The van der Waals surface area contributed by atoms with Crippen molar-refractivity contribution in [3.63, 3.8) is 0 Å². The Morgan fingerprint density at radius 3 is 2.68 bits per heavy atom. The number of aromatic nitrogens is 7. The Kier molecular flexibility index (Phi) is 5.32. The number of fused-ring (bicyclic) bond motifs is 2. The SMILES string of the molecule is c1ccc(-c2ccnc3[nH]c(-c4n[nH]c5cnc(-c6cncc(OC7CCNCC7)c6)cc45)cc23)nc1. The van der Waals surface area contributed by atoms with Crippen LogP contribution in [-0.2, 0) is 0 Å². The summed E-state index contributed by atoms with van der Waals surface area (Å²) in [6.45, 7) is 1.96. The minimum absolute atomic E-state index is 0.209. The number of rotatable bonds is 5. The molecule has 9 heteroatoms. The van der Waals surface area contributed by atoms with E-state index in [0.29, 0.717) is 0 Å². The molecule has 0 aliphatic carbocycles. The predicted molar refractivity (Wildman–Crippen MR) is 142 cm³/mol. The first-order valence-electron chi connectivity index (χ1n) is 12.4. The number of piperidine rings is 1. The quantitative estimate of drug-likeness (QED) is 0.320. The Hall–Kier alpha value is -4.63. The van der Waals surface area contributed by atoms with Crippen LogP contribution in [0.2, 0.25) is 0 Å². The molecule has 0 bridgehead atoms. The van der Waals surface area contributed by atoms with Crippen LogP contribution in [0.25, 0.3) is 55.8 Å². The molecule has 1 aliphatic heterocycles. The van der Waals surface area contributed by atoms with Crippen molar-refractivity contribution in [2.75, 3.05) is 13.1 Å². The highest BCUT2D eigenvalue weighted by atomic mass is 16.5. The van der Waals surface area contributed by atoms with Gasteiger partial charge in [0.05, 0.1) is 35.0 Å². The minimum atomic E-state index is 0.209. The molecule has 0 unspecified atom stereocenters. The van der Waals surface area contributed by atoms with Gasteiger partial charge in [-0.15, -0.1) is 0 Å². The lowest BCUT2D eigenvalue weighted by molar-refractivity contribution is 0.162. The molecule has 0 atom stereocenters. The number of pyridine rings is 4. The van der Waals surface area contributed by atoms with E-state index in [9.17, 15) is 0 Å². The average Bonchev–Trinajstić information content (AvgIpc) is 3.58. The zero-order chi connectivity index (χ0) is 24.6. The number of aromatic amines is 2. The molecule has 0 aromatic carbocycles. The second-order valence-electron chi connectivity index (χ2n) is 9.18. The maximum atomic E-state index is 6.20. The lowest BCUT2D eigenvalue weighted by Gasteiger charge is -2.23. The van der Waals surface area contributed by atoms with Crippen molar-refractivity contribution in [1.82, 2.24) is 40.4 Å². The van der Waals surface area contributed by atoms with Gasteiger partial charge in [-0.1, -0.05) is 6.07 Å². The van der Waals surface area contributed by atoms with Crippen LogP contribution in [0.4, 0.5) is 0 Å². The maximum absolute atomic E-state index is 6.20. The third-order valence-corrected chi connectivity index (χ3v) is 6.77. The molecule has 7 heterocycles. The van der Waals surface area contributed by atoms with Crippen molar-refractivity contribution >= 4 is 21.9 Å². The Labute approximate surface area is 212 Å². The summed E-state index contributed by atoms with van der Waals surface area (Å²) in [5.41, 5.74) is 6.94. The van der Waals surface area contributed by atoms with Gasteiger partial charge in [0.15, 0.2) is 0 Å². The van der Waals surface area contributed by atoms with Crippen LogP contribution in [0.15, 0.2) is 73.4 Å². The van der Waals surface area contributed by atoms with Gasteiger partial charge in [0, 0.05) is 40.5 Å². The predicted octanol–water partition coefficient (Wildman–Crippen LogP) is 4.76. The van der Waals surface area contributed by atoms with E-state index in [1.807, 2.05) is 48.8 Å². The van der Waals surface area contributed by atoms with Gasteiger partial charge < -0.3 is 15.0 Å². The van der Waals surface area contributed by atoms with Gasteiger partial charge in [0.25, 0.3) is 0 Å². The molecule has 182 valence electrons. The second-order valence-corrected chi connectivity index (χ2v) is 9.18. The van der Waals surface area contributed by atoms with Gasteiger partial charge in [0.1, 0.15) is 23.2 Å². The molecule has 3 N–H and O–H groups in total. The monoisotopic (exact) mass is 488 g/mol. The second kappa shape index (κ2) is 9.11. The van der Waals surface area contributed by atoms with E-state index in [1.54, 1.807) is 18.6 Å². The van der Waals surface area contributed by atoms with Crippen molar-refractivity contribution in [1.29, 1.82) is 0 Å². The van der Waals surface area contributed by atoms with Crippen LogP contribution >= 0.6 is 0 Å². The van der Waals surface area contributed by atoms with E-state index >= 15 is 0 Å². The van der Waals surface area contributed by atoms with Crippen LogP contribution in [0.1, 0.15) is 12.8 Å². The summed E-state index contributed by atoms with van der Waals surface area (Å²) in [6.07, 6.45) is 11.2. The van der Waals surface area contributed by atoms with Crippen molar-refractivity contribution in [2.24, 2.45) is 0 Å². The number of hydrogen-bond acceptors (Lipinski definition) is 7. The number of H-pyrrole nitrogens is 2. The van der Waals surface area contributed by atoms with Crippen LogP contribution in [-0.4, -0.2) is 54.3 Å². The average molecular weight is 489 g/mol. The molecule has 1 aliphatic rings. The third-order valence-electron chi connectivity index (χ3n) is 6.77. The Morgan fingerprint density at radius 1 is 0.838 bits per heavy atom. The normalized spacial score (nSPS) is 14.4. The van der Waals surface area contributed by atoms with E-state index in [4.69, 9.17) is 4.74 Å². The highest BCUT2D eigenvalue weighted by molar-refractivity contribution is 5.99. The van der Waals surface area contributed by atoms with Gasteiger partial charge in [-0.2, -0.15) is 5.10 Å². The van der Waals surface area contributed by atoms with Crippen molar-refractivity contribution in [3.05, 3.63) is 73.4 Å². The van der Waals surface area contributed by atoms with E-state index in [2.05, 4.69) is 46.5 Å². The lowest BCUT2D eigenvalue weighted by atomic mass is 10.1. The van der Waals surface area contributed by atoms with Crippen molar-refractivity contribution < 1.29 is 4.74 Å². The van der Waals surface area contributed by atoms with Crippen LogP contribution < -0.4 is 10.1 Å². The van der Waals surface area contributed by atoms with Gasteiger partial charge in [-0.3, -0.25) is 20.1 Å². The fourth-order valence-corrected chi connectivity index (χ4v) is 4.91. The highest BCUT2D eigenvalue weighted by Crippen LogP contribution is 2.34.